The van der Waals surface area contributed by atoms with E-state index < -0.39 is 18.4 Å². The van der Waals surface area contributed by atoms with E-state index in [-0.39, 0.29) is 12.5 Å². The number of aliphatic carboxylic acids is 1. The maximum absolute atomic E-state index is 11.8. The molecule has 1 rings (SSSR count). The number of carbonyl (C=O) groups is 3. The normalized spacial score (nSPS) is 9.85. The Morgan fingerprint density at radius 3 is 2.60 bits per heavy atom. The summed E-state index contributed by atoms with van der Waals surface area (Å²) in [7, 11) is 0. The molecule has 0 spiro atoms. The van der Waals surface area contributed by atoms with Crippen molar-refractivity contribution >= 4 is 29.5 Å². The van der Waals surface area contributed by atoms with E-state index in [0.29, 0.717) is 5.56 Å². The Hall–Kier alpha value is -2.02. The molecule has 0 aromatic heterocycles. The van der Waals surface area contributed by atoms with E-state index in [1.807, 2.05) is 12.3 Å². The molecule has 0 fully saturated rings. The summed E-state index contributed by atoms with van der Waals surface area (Å²) in [5.74, 6) is -1.23. The number of hydrogen-bond acceptors (Lipinski definition) is 4. The molecule has 1 aromatic carbocycles. The van der Waals surface area contributed by atoms with Crippen molar-refractivity contribution in [3.8, 4) is 0 Å². The van der Waals surface area contributed by atoms with Gasteiger partial charge in [0, 0.05) is 11.3 Å². The van der Waals surface area contributed by atoms with Crippen LogP contribution in [0.4, 0.5) is 0 Å². The van der Waals surface area contributed by atoms with E-state index >= 15 is 0 Å². The maximum Gasteiger partial charge on any atom is 0.322 e. The molecule has 0 bridgehead atoms. The Morgan fingerprint density at radius 2 is 1.95 bits per heavy atom. The van der Waals surface area contributed by atoms with Crippen molar-refractivity contribution in [3.05, 3.63) is 35.4 Å². The molecule has 108 valence electrons. The van der Waals surface area contributed by atoms with Crippen LogP contribution in [0.5, 0.6) is 0 Å². The lowest BCUT2D eigenvalue weighted by molar-refractivity contribution is -0.137. The van der Waals surface area contributed by atoms with Crippen molar-refractivity contribution in [1.29, 1.82) is 0 Å². The largest absolute Gasteiger partial charge is 0.480 e. The van der Waals surface area contributed by atoms with Gasteiger partial charge in [-0.15, -0.1) is 0 Å². The summed E-state index contributed by atoms with van der Waals surface area (Å²) in [5.41, 5.74) is 1.50. The van der Waals surface area contributed by atoms with Crippen molar-refractivity contribution < 1.29 is 19.5 Å². The van der Waals surface area contributed by atoms with Gasteiger partial charge in [0.1, 0.15) is 6.54 Å². The van der Waals surface area contributed by atoms with Gasteiger partial charge in [0.2, 0.25) is 5.91 Å². The third-order valence-electron chi connectivity index (χ3n) is 2.35. The summed E-state index contributed by atoms with van der Waals surface area (Å²) in [6.45, 7) is -0.712. The highest BCUT2D eigenvalue weighted by Gasteiger charge is 2.09. The van der Waals surface area contributed by atoms with Gasteiger partial charge in [-0.3, -0.25) is 14.4 Å². The van der Waals surface area contributed by atoms with Crippen LogP contribution < -0.4 is 10.6 Å². The van der Waals surface area contributed by atoms with Gasteiger partial charge in [0.15, 0.2) is 0 Å². The number of carbonyl (C=O) groups excluding carboxylic acids is 2. The van der Waals surface area contributed by atoms with Crippen molar-refractivity contribution in [1.82, 2.24) is 10.6 Å². The van der Waals surface area contributed by atoms with E-state index in [2.05, 4.69) is 10.6 Å². The van der Waals surface area contributed by atoms with Gasteiger partial charge < -0.3 is 15.7 Å². The Labute approximate surface area is 120 Å². The molecule has 20 heavy (non-hydrogen) atoms. The molecular formula is C13H16N2O4S. The van der Waals surface area contributed by atoms with Gasteiger partial charge in [0.25, 0.3) is 5.91 Å². The van der Waals surface area contributed by atoms with Gasteiger partial charge in [-0.2, -0.15) is 11.8 Å². The van der Waals surface area contributed by atoms with Crippen molar-refractivity contribution in [2.45, 2.75) is 5.75 Å². The number of thioether (sulfide) groups is 1. The Kier molecular flexibility index (Phi) is 6.58. The molecule has 0 saturated heterocycles. The molecule has 0 aliphatic heterocycles. The number of carboxylic acid groups (broad SMARTS) is 1. The topological polar surface area (TPSA) is 95.5 Å². The molecule has 0 radical (unpaired) electrons. The van der Waals surface area contributed by atoms with Gasteiger partial charge >= 0.3 is 5.97 Å². The number of hydrogen-bond donors (Lipinski definition) is 3. The lowest BCUT2D eigenvalue weighted by Crippen LogP contribution is -2.39. The highest BCUT2D eigenvalue weighted by atomic mass is 32.2. The second-order valence-electron chi connectivity index (χ2n) is 3.99. The molecule has 1 aromatic rings. The quantitative estimate of drug-likeness (QED) is 0.680. The summed E-state index contributed by atoms with van der Waals surface area (Å²) >= 11 is 1.65. The zero-order chi connectivity index (χ0) is 15.0. The van der Waals surface area contributed by atoms with Crippen molar-refractivity contribution in [3.63, 3.8) is 0 Å². The Balaban J connectivity index is 2.48. The minimum atomic E-state index is -1.13. The maximum atomic E-state index is 11.8. The van der Waals surface area contributed by atoms with E-state index in [9.17, 15) is 14.4 Å². The van der Waals surface area contributed by atoms with Crippen molar-refractivity contribution in [2.75, 3.05) is 19.3 Å². The molecule has 0 unspecified atom stereocenters. The van der Waals surface area contributed by atoms with Crippen LogP contribution in [0.2, 0.25) is 0 Å². The Morgan fingerprint density at radius 1 is 1.20 bits per heavy atom. The summed E-state index contributed by atoms with van der Waals surface area (Å²) in [4.78, 5) is 33.3. The molecule has 3 N–H and O–H groups in total. The van der Waals surface area contributed by atoms with Gasteiger partial charge in [-0.25, -0.2) is 0 Å². The standard InChI is InChI=1S/C13H16N2O4S/c1-20-8-9-3-2-4-10(5-9)13(19)15-6-11(16)14-7-12(17)18/h2-5H,6-8H2,1H3,(H,14,16)(H,15,19)(H,17,18). The average molecular weight is 296 g/mol. The molecule has 0 aliphatic rings. The summed E-state index contributed by atoms with van der Waals surface area (Å²) in [5, 5.41) is 13.0. The van der Waals surface area contributed by atoms with Gasteiger partial charge in [-0.1, -0.05) is 12.1 Å². The number of carboxylic acids is 1. The highest BCUT2D eigenvalue weighted by Crippen LogP contribution is 2.11. The monoisotopic (exact) mass is 296 g/mol. The lowest BCUT2D eigenvalue weighted by atomic mass is 10.1. The zero-order valence-corrected chi connectivity index (χ0v) is 11.8. The first kappa shape index (κ1) is 16.0. The summed E-state index contributed by atoms with van der Waals surface area (Å²) in [6.07, 6.45) is 1.97. The van der Waals surface area contributed by atoms with E-state index in [1.54, 1.807) is 30.0 Å². The number of rotatable bonds is 7. The molecular weight excluding hydrogens is 280 g/mol. The minimum absolute atomic E-state index is 0.251. The predicted molar refractivity (Wildman–Crippen MR) is 76.6 cm³/mol. The summed E-state index contributed by atoms with van der Waals surface area (Å²) in [6, 6.07) is 7.13. The number of amides is 2. The third-order valence-corrected chi connectivity index (χ3v) is 2.97. The first-order valence-corrected chi connectivity index (χ1v) is 7.27. The SMILES string of the molecule is CSCc1cccc(C(=O)NCC(=O)NCC(=O)O)c1. The predicted octanol–water partition coefficient (Wildman–Crippen LogP) is 0.480. The van der Waals surface area contributed by atoms with Gasteiger partial charge in [-0.05, 0) is 24.0 Å². The minimum Gasteiger partial charge on any atom is -0.480 e. The van der Waals surface area contributed by atoms with Crippen LogP contribution in [0.15, 0.2) is 24.3 Å². The van der Waals surface area contributed by atoms with Crippen LogP contribution in [-0.4, -0.2) is 42.2 Å². The molecule has 6 nitrogen and oxygen atoms in total. The molecule has 2 amide bonds. The van der Waals surface area contributed by atoms with E-state index in [0.717, 1.165) is 11.3 Å². The first-order valence-electron chi connectivity index (χ1n) is 5.87. The first-order chi connectivity index (χ1) is 9.52. The molecule has 0 atom stereocenters. The molecule has 0 saturated carbocycles. The van der Waals surface area contributed by atoms with Crippen LogP contribution >= 0.6 is 11.8 Å². The van der Waals surface area contributed by atoms with Crippen LogP contribution in [0, 0.1) is 0 Å². The van der Waals surface area contributed by atoms with E-state index in [1.165, 1.54) is 0 Å². The van der Waals surface area contributed by atoms with Crippen LogP contribution in [0.1, 0.15) is 15.9 Å². The molecule has 0 heterocycles. The second-order valence-corrected chi connectivity index (χ2v) is 4.85. The zero-order valence-electron chi connectivity index (χ0n) is 11.0. The smallest absolute Gasteiger partial charge is 0.322 e. The molecule has 0 aliphatic carbocycles. The van der Waals surface area contributed by atoms with E-state index in [4.69, 9.17) is 5.11 Å². The highest BCUT2D eigenvalue weighted by molar-refractivity contribution is 7.97. The summed E-state index contributed by atoms with van der Waals surface area (Å²) < 4.78 is 0. The Bertz CT molecular complexity index is 505. The molecule has 7 heteroatoms. The number of benzene rings is 1. The lowest BCUT2D eigenvalue weighted by Gasteiger charge is -2.06. The van der Waals surface area contributed by atoms with Gasteiger partial charge in [0.05, 0.1) is 6.54 Å². The van der Waals surface area contributed by atoms with Crippen LogP contribution in [-0.2, 0) is 15.3 Å². The average Bonchev–Trinajstić information content (AvgIpc) is 2.43. The van der Waals surface area contributed by atoms with Crippen molar-refractivity contribution in [2.24, 2.45) is 0 Å². The number of nitrogens with one attached hydrogen (secondary N) is 2. The van der Waals surface area contributed by atoms with Crippen LogP contribution in [0.25, 0.3) is 0 Å². The third kappa shape index (κ3) is 5.75. The fourth-order valence-electron chi connectivity index (χ4n) is 1.47. The fraction of sp³-hybridized carbons (Fsp3) is 0.308. The second kappa shape index (κ2) is 8.21. The van der Waals surface area contributed by atoms with Crippen LogP contribution in [0.3, 0.4) is 0 Å². The fourth-order valence-corrected chi connectivity index (χ4v) is 1.98.